The molecule has 0 bridgehead atoms. The largest absolute Gasteiger partial charge is 0.495 e. The monoisotopic (exact) mass is 419 g/mol. The zero-order valence-corrected chi connectivity index (χ0v) is 19.8. The van der Waals surface area contributed by atoms with Gasteiger partial charge >= 0.3 is 19.2 Å². The van der Waals surface area contributed by atoms with Gasteiger partial charge in [-0.15, -0.1) is 0 Å². The standard InChI is InChI=1S/C22H34BNO6/c1-14-16(23-29-21(5,6)22(7,8)30-23)11-15(13-18(25)27-10)12-17(14)24(9)19(26)28-20(2,3)4/h11-12H,13H2,1-10H3. The van der Waals surface area contributed by atoms with Crippen LogP contribution < -0.4 is 10.4 Å². The van der Waals surface area contributed by atoms with Crippen molar-refractivity contribution in [3.05, 3.63) is 23.3 Å². The van der Waals surface area contributed by atoms with Crippen LogP contribution in [0.25, 0.3) is 0 Å². The van der Waals surface area contributed by atoms with Gasteiger partial charge in [-0.05, 0) is 78.0 Å². The summed E-state index contributed by atoms with van der Waals surface area (Å²) >= 11 is 0. The van der Waals surface area contributed by atoms with Crippen molar-refractivity contribution in [2.45, 2.75) is 78.6 Å². The molecule has 0 saturated carbocycles. The van der Waals surface area contributed by atoms with Crippen molar-refractivity contribution in [3.63, 3.8) is 0 Å². The maximum absolute atomic E-state index is 12.7. The molecule has 1 aliphatic heterocycles. The Kier molecular flexibility index (Phi) is 6.64. The Bertz CT molecular complexity index is 812. The van der Waals surface area contributed by atoms with Crippen LogP contribution in [0, 0.1) is 6.92 Å². The number of rotatable bonds is 4. The van der Waals surface area contributed by atoms with Crippen LogP contribution in [0.4, 0.5) is 10.5 Å². The molecule has 8 heteroatoms. The van der Waals surface area contributed by atoms with E-state index in [-0.39, 0.29) is 12.4 Å². The predicted molar refractivity (Wildman–Crippen MR) is 117 cm³/mol. The van der Waals surface area contributed by atoms with E-state index in [9.17, 15) is 9.59 Å². The molecular formula is C22H34BNO6. The number of benzene rings is 1. The highest BCUT2D eigenvalue weighted by atomic mass is 16.7. The highest BCUT2D eigenvalue weighted by Gasteiger charge is 2.52. The second-order valence-electron chi connectivity index (χ2n) is 9.71. The van der Waals surface area contributed by atoms with Crippen LogP contribution in [-0.2, 0) is 30.0 Å². The number of carbonyl (C=O) groups is 2. The number of hydrogen-bond donors (Lipinski definition) is 0. The highest BCUT2D eigenvalue weighted by molar-refractivity contribution is 6.63. The van der Waals surface area contributed by atoms with Gasteiger partial charge in [-0.1, -0.05) is 6.07 Å². The summed E-state index contributed by atoms with van der Waals surface area (Å²) in [6.45, 7) is 15.3. The first-order valence-corrected chi connectivity index (χ1v) is 10.1. The number of hydrogen-bond acceptors (Lipinski definition) is 6. The van der Waals surface area contributed by atoms with Gasteiger partial charge in [-0.25, -0.2) is 4.79 Å². The van der Waals surface area contributed by atoms with Gasteiger partial charge < -0.3 is 18.8 Å². The summed E-state index contributed by atoms with van der Waals surface area (Å²) in [5.41, 5.74) is 1.24. The SMILES string of the molecule is COC(=O)Cc1cc(B2OC(C)(C)C(C)(C)O2)c(C)c(N(C)C(=O)OC(C)(C)C)c1. The first kappa shape index (κ1) is 24.2. The number of ether oxygens (including phenoxy) is 2. The van der Waals surface area contributed by atoms with E-state index in [4.69, 9.17) is 18.8 Å². The Labute approximate surface area is 180 Å². The van der Waals surface area contributed by atoms with Gasteiger partial charge in [0.1, 0.15) is 5.60 Å². The molecule has 0 atom stereocenters. The van der Waals surface area contributed by atoms with E-state index < -0.39 is 30.0 Å². The van der Waals surface area contributed by atoms with E-state index in [0.29, 0.717) is 11.3 Å². The lowest BCUT2D eigenvalue weighted by Gasteiger charge is -2.32. The van der Waals surface area contributed by atoms with E-state index in [2.05, 4.69) is 0 Å². The van der Waals surface area contributed by atoms with Crippen LogP contribution in [0.2, 0.25) is 0 Å². The fraction of sp³-hybridized carbons (Fsp3) is 0.636. The summed E-state index contributed by atoms with van der Waals surface area (Å²) in [6, 6.07) is 3.67. The molecule has 1 amide bonds. The van der Waals surface area contributed by atoms with Crippen molar-refractivity contribution in [3.8, 4) is 0 Å². The van der Waals surface area contributed by atoms with Crippen LogP contribution in [0.15, 0.2) is 12.1 Å². The van der Waals surface area contributed by atoms with Crippen LogP contribution >= 0.6 is 0 Å². The fourth-order valence-corrected chi connectivity index (χ4v) is 3.11. The molecule has 1 aliphatic rings. The summed E-state index contributed by atoms with van der Waals surface area (Å²) in [4.78, 5) is 26.0. The molecule has 1 aromatic carbocycles. The summed E-state index contributed by atoms with van der Waals surface area (Å²) in [5, 5.41) is 0. The number of anilines is 1. The lowest BCUT2D eigenvalue weighted by atomic mass is 9.74. The molecular weight excluding hydrogens is 385 g/mol. The quantitative estimate of drug-likeness (QED) is 0.550. The van der Waals surface area contributed by atoms with Crippen molar-refractivity contribution in [1.82, 2.24) is 0 Å². The summed E-state index contributed by atoms with van der Waals surface area (Å²) in [5.74, 6) is -0.371. The average Bonchev–Trinajstić information content (AvgIpc) is 2.81. The third-order valence-electron chi connectivity index (χ3n) is 5.59. The number of amides is 1. The third kappa shape index (κ3) is 5.16. The summed E-state index contributed by atoms with van der Waals surface area (Å²) in [7, 11) is 2.37. The number of nitrogens with zero attached hydrogens (tertiary/aromatic N) is 1. The molecule has 1 saturated heterocycles. The molecule has 0 spiro atoms. The number of carbonyl (C=O) groups excluding carboxylic acids is 2. The summed E-state index contributed by atoms with van der Waals surface area (Å²) < 4.78 is 22.8. The molecule has 7 nitrogen and oxygen atoms in total. The predicted octanol–water partition coefficient (Wildman–Crippen LogP) is 3.38. The molecule has 0 aromatic heterocycles. The first-order valence-electron chi connectivity index (χ1n) is 10.1. The fourth-order valence-electron chi connectivity index (χ4n) is 3.11. The maximum atomic E-state index is 12.7. The maximum Gasteiger partial charge on any atom is 0.495 e. The Morgan fingerprint density at radius 3 is 2.10 bits per heavy atom. The first-order chi connectivity index (χ1) is 13.6. The van der Waals surface area contributed by atoms with Crippen molar-refractivity contribution < 1.29 is 28.4 Å². The Morgan fingerprint density at radius 1 is 1.10 bits per heavy atom. The van der Waals surface area contributed by atoms with Gasteiger partial charge in [-0.2, -0.15) is 0 Å². The molecule has 1 heterocycles. The van der Waals surface area contributed by atoms with Crippen LogP contribution in [0.5, 0.6) is 0 Å². The lowest BCUT2D eigenvalue weighted by molar-refractivity contribution is -0.139. The minimum atomic E-state index is -0.628. The van der Waals surface area contributed by atoms with Gasteiger partial charge in [0.2, 0.25) is 0 Å². The summed E-state index contributed by atoms with van der Waals surface area (Å²) in [6.07, 6.45) is -0.418. The molecule has 2 rings (SSSR count). The van der Waals surface area contributed by atoms with E-state index in [0.717, 1.165) is 11.0 Å². The molecule has 0 aliphatic carbocycles. The molecule has 0 unspecified atom stereocenters. The van der Waals surface area contributed by atoms with Gasteiger partial charge in [0.15, 0.2) is 0 Å². The normalized spacial score (nSPS) is 17.6. The topological polar surface area (TPSA) is 74.3 Å². The van der Waals surface area contributed by atoms with Crippen molar-refractivity contribution in [2.24, 2.45) is 0 Å². The van der Waals surface area contributed by atoms with E-state index >= 15 is 0 Å². The Balaban J connectivity index is 2.52. The van der Waals surface area contributed by atoms with Gasteiger partial charge in [0.05, 0.1) is 24.7 Å². The van der Waals surface area contributed by atoms with Crippen molar-refractivity contribution >= 4 is 30.3 Å². The molecule has 166 valence electrons. The Morgan fingerprint density at radius 2 is 1.63 bits per heavy atom. The smallest absolute Gasteiger partial charge is 0.469 e. The minimum absolute atomic E-state index is 0.0679. The zero-order valence-electron chi connectivity index (χ0n) is 19.8. The van der Waals surface area contributed by atoms with E-state index in [1.54, 1.807) is 13.1 Å². The molecule has 30 heavy (non-hydrogen) atoms. The van der Waals surface area contributed by atoms with Gasteiger partial charge in [-0.3, -0.25) is 9.69 Å². The number of esters is 1. The molecule has 0 N–H and O–H groups in total. The van der Waals surface area contributed by atoms with Crippen molar-refractivity contribution in [2.75, 3.05) is 19.1 Å². The van der Waals surface area contributed by atoms with E-state index in [1.165, 1.54) is 12.0 Å². The van der Waals surface area contributed by atoms with Crippen LogP contribution in [0.1, 0.15) is 59.6 Å². The van der Waals surface area contributed by atoms with Crippen LogP contribution in [0.3, 0.4) is 0 Å². The van der Waals surface area contributed by atoms with E-state index in [1.807, 2.05) is 61.5 Å². The highest BCUT2D eigenvalue weighted by Crippen LogP contribution is 2.37. The molecule has 1 aromatic rings. The Hall–Kier alpha value is -2.06. The third-order valence-corrected chi connectivity index (χ3v) is 5.59. The minimum Gasteiger partial charge on any atom is -0.469 e. The second kappa shape index (κ2) is 8.23. The van der Waals surface area contributed by atoms with Gasteiger partial charge in [0, 0.05) is 12.7 Å². The number of methoxy groups -OCH3 is 1. The average molecular weight is 419 g/mol. The van der Waals surface area contributed by atoms with Gasteiger partial charge in [0.25, 0.3) is 0 Å². The van der Waals surface area contributed by atoms with Crippen LogP contribution in [-0.4, -0.2) is 50.1 Å². The zero-order chi connectivity index (χ0) is 23.1. The molecule has 1 fully saturated rings. The lowest BCUT2D eigenvalue weighted by Crippen LogP contribution is -2.41. The van der Waals surface area contributed by atoms with Crippen molar-refractivity contribution in [1.29, 1.82) is 0 Å². The molecule has 0 radical (unpaired) electrons. The second-order valence-corrected chi connectivity index (χ2v) is 9.71.